The fourth-order valence-corrected chi connectivity index (χ4v) is 3.98. The molecule has 10 heteroatoms. The summed E-state index contributed by atoms with van der Waals surface area (Å²) < 4.78 is 41.9. The van der Waals surface area contributed by atoms with Crippen molar-refractivity contribution in [2.24, 2.45) is 5.14 Å². The second-order valence-corrected chi connectivity index (χ2v) is 9.23. The molecule has 178 valence electrons. The van der Waals surface area contributed by atoms with Crippen molar-refractivity contribution in [1.29, 1.82) is 0 Å². The zero-order valence-electron chi connectivity index (χ0n) is 18.6. The second kappa shape index (κ2) is 10.1. The summed E-state index contributed by atoms with van der Waals surface area (Å²) >= 11 is 0. The molecule has 2 N–H and O–H groups in total. The van der Waals surface area contributed by atoms with Crippen LogP contribution in [0.3, 0.4) is 0 Å². The predicted molar refractivity (Wildman–Crippen MR) is 125 cm³/mol. The SMILES string of the molecule is CCCCn1c(COC(=O)c2ccc(COc3ccccc3)o2)nc2cc(S(N)(=O)=O)ccc21. The van der Waals surface area contributed by atoms with Gasteiger partial charge in [0.1, 0.15) is 30.5 Å². The lowest BCUT2D eigenvalue weighted by Crippen LogP contribution is -2.12. The summed E-state index contributed by atoms with van der Waals surface area (Å²) in [5.41, 5.74) is 1.21. The van der Waals surface area contributed by atoms with E-state index in [4.69, 9.17) is 19.0 Å². The fourth-order valence-electron chi connectivity index (χ4n) is 3.45. The van der Waals surface area contributed by atoms with Gasteiger partial charge in [0.15, 0.2) is 0 Å². The lowest BCUT2D eigenvalue weighted by atomic mass is 10.3. The van der Waals surface area contributed by atoms with Gasteiger partial charge in [-0.2, -0.15) is 0 Å². The van der Waals surface area contributed by atoms with Crippen molar-refractivity contribution in [3.63, 3.8) is 0 Å². The largest absolute Gasteiger partial charge is 0.486 e. The van der Waals surface area contributed by atoms with E-state index in [1.807, 2.05) is 34.9 Å². The van der Waals surface area contributed by atoms with E-state index in [1.54, 1.807) is 12.1 Å². The van der Waals surface area contributed by atoms with Crippen molar-refractivity contribution >= 4 is 27.0 Å². The van der Waals surface area contributed by atoms with Crippen molar-refractivity contribution in [2.45, 2.75) is 44.4 Å². The quantitative estimate of drug-likeness (QED) is 0.338. The summed E-state index contributed by atoms with van der Waals surface area (Å²) in [7, 11) is -3.85. The summed E-state index contributed by atoms with van der Waals surface area (Å²) in [6, 6.07) is 17.0. The standard InChI is InChI=1S/C24H25N3O6S/c1-2-3-13-27-21-11-10-19(34(25,29)30)14-20(21)26-23(27)16-32-24(28)22-12-9-18(33-22)15-31-17-7-5-4-6-8-17/h4-12,14H,2-3,13,15-16H2,1H3,(H2,25,29,30). The van der Waals surface area contributed by atoms with Gasteiger partial charge in [-0.3, -0.25) is 0 Å². The number of hydrogen-bond donors (Lipinski definition) is 1. The second-order valence-electron chi connectivity index (χ2n) is 7.67. The number of primary sulfonamides is 1. The molecular formula is C24H25N3O6S. The van der Waals surface area contributed by atoms with E-state index in [-0.39, 0.29) is 23.9 Å². The fraction of sp³-hybridized carbons (Fsp3) is 0.250. The minimum absolute atomic E-state index is 0.0236. The van der Waals surface area contributed by atoms with Gasteiger partial charge in [0.05, 0.1) is 15.9 Å². The molecule has 0 radical (unpaired) electrons. The van der Waals surface area contributed by atoms with Gasteiger partial charge in [-0.15, -0.1) is 0 Å². The molecule has 4 rings (SSSR count). The number of fused-ring (bicyclic) bond motifs is 1. The number of carbonyl (C=O) groups excluding carboxylic acids is 1. The van der Waals surface area contributed by atoms with Crippen LogP contribution < -0.4 is 9.88 Å². The normalized spacial score (nSPS) is 11.6. The molecule has 0 fully saturated rings. The van der Waals surface area contributed by atoms with Crippen LogP contribution in [0.5, 0.6) is 5.75 Å². The number of nitrogens with zero attached hydrogens (tertiary/aromatic N) is 2. The zero-order valence-corrected chi connectivity index (χ0v) is 19.5. The van der Waals surface area contributed by atoms with E-state index >= 15 is 0 Å². The molecule has 0 amide bonds. The summed E-state index contributed by atoms with van der Waals surface area (Å²) in [6.07, 6.45) is 1.83. The Morgan fingerprint density at radius 3 is 2.62 bits per heavy atom. The molecule has 0 bridgehead atoms. The molecule has 0 saturated carbocycles. The number of aromatic nitrogens is 2. The van der Waals surface area contributed by atoms with Gasteiger partial charge < -0.3 is 18.5 Å². The molecule has 2 heterocycles. The first-order chi connectivity index (χ1) is 16.3. The van der Waals surface area contributed by atoms with Crippen LogP contribution in [0.15, 0.2) is 70.0 Å². The van der Waals surface area contributed by atoms with E-state index < -0.39 is 16.0 Å². The van der Waals surface area contributed by atoms with Gasteiger partial charge in [0.2, 0.25) is 15.8 Å². The number of aryl methyl sites for hydroxylation is 1. The van der Waals surface area contributed by atoms with Crippen molar-refractivity contribution in [3.8, 4) is 5.75 Å². The molecular weight excluding hydrogens is 458 g/mol. The molecule has 0 aliphatic carbocycles. The lowest BCUT2D eigenvalue weighted by molar-refractivity contribution is 0.0418. The van der Waals surface area contributed by atoms with Gasteiger partial charge in [-0.05, 0) is 48.9 Å². The van der Waals surface area contributed by atoms with Crippen LogP contribution in [-0.4, -0.2) is 23.9 Å². The molecule has 9 nitrogen and oxygen atoms in total. The number of ether oxygens (including phenoxy) is 2. The minimum Gasteiger partial charge on any atom is -0.486 e. The summed E-state index contributed by atoms with van der Waals surface area (Å²) in [5, 5.41) is 5.24. The smallest absolute Gasteiger partial charge is 0.374 e. The maximum absolute atomic E-state index is 12.5. The molecule has 2 aromatic heterocycles. The highest BCUT2D eigenvalue weighted by Gasteiger charge is 2.18. The van der Waals surface area contributed by atoms with Gasteiger partial charge in [-0.1, -0.05) is 31.5 Å². The van der Waals surface area contributed by atoms with E-state index in [0.717, 1.165) is 18.4 Å². The van der Waals surface area contributed by atoms with Crippen molar-refractivity contribution in [3.05, 3.63) is 78.0 Å². The van der Waals surface area contributed by atoms with Gasteiger partial charge in [0, 0.05) is 6.54 Å². The number of para-hydroxylation sites is 1. The highest BCUT2D eigenvalue weighted by atomic mass is 32.2. The topological polar surface area (TPSA) is 127 Å². The monoisotopic (exact) mass is 483 g/mol. The number of unbranched alkanes of at least 4 members (excludes halogenated alkanes) is 1. The van der Waals surface area contributed by atoms with E-state index in [2.05, 4.69) is 11.9 Å². The Balaban J connectivity index is 1.46. The van der Waals surface area contributed by atoms with Crippen LogP contribution in [0.25, 0.3) is 11.0 Å². The molecule has 34 heavy (non-hydrogen) atoms. The lowest BCUT2D eigenvalue weighted by Gasteiger charge is -2.09. The summed E-state index contributed by atoms with van der Waals surface area (Å²) in [6.45, 7) is 2.79. The number of esters is 1. The number of imidazole rings is 1. The van der Waals surface area contributed by atoms with Crippen LogP contribution >= 0.6 is 0 Å². The molecule has 0 spiro atoms. The molecule has 4 aromatic rings. The maximum atomic E-state index is 12.5. The third-order valence-corrected chi connectivity index (χ3v) is 6.09. The van der Waals surface area contributed by atoms with Gasteiger partial charge >= 0.3 is 5.97 Å². The Labute approximate surface area is 197 Å². The van der Waals surface area contributed by atoms with E-state index in [1.165, 1.54) is 18.2 Å². The Bertz CT molecular complexity index is 1390. The van der Waals surface area contributed by atoms with Crippen molar-refractivity contribution in [2.75, 3.05) is 0 Å². The van der Waals surface area contributed by atoms with Crippen LogP contribution in [0.2, 0.25) is 0 Å². The minimum atomic E-state index is -3.85. The number of hydrogen-bond acceptors (Lipinski definition) is 7. The highest BCUT2D eigenvalue weighted by Crippen LogP contribution is 2.22. The predicted octanol–water partition coefficient (Wildman–Crippen LogP) is 4.01. The first-order valence-electron chi connectivity index (χ1n) is 10.8. The number of nitrogens with two attached hydrogens (primary N) is 1. The van der Waals surface area contributed by atoms with Gasteiger partial charge in [0.25, 0.3) is 0 Å². The van der Waals surface area contributed by atoms with Crippen LogP contribution in [0.1, 0.15) is 41.9 Å². The molecule has 2 aromatic carbocycles. The number of rotatable bonds is 10. The molecule has 0 aliphatic rings. The third kappa shape index (κ3) is 5.46. The Kier molecular flexibility index (Phi) is 6.99. The van der Waals surface area contributed by atoms with Crippen LogP contribution in [0, 0.1) is 0 Å². The third-order valence-electron chi connectivity index (χ3n) is 5.18. The first kappa shape index (κ1) is 23.5. The average molecular weight is 484 g/mol. The Hall–Kier alpha value is -3.63. The summed E-state index contributed by atoms with van der Waals surface area (Å²) in [4.78, 5) is 17.0. The van der Waals surface area contributed by atoms with Crippen molar-refractivity contribution < 1.29 is 27.1 Å². The highest BCUT2D eigenvalue weighted by molar-refractivity contribution is 7.89. The molecule has 0 unspecified atom stereocenters. The summed E-state index contributed by atoms with van der Waals surface area (Å²) in [5.74, 6) is 1.10. The van der Waals surface area contributed by atoms with E-state index in [9.17, 15) is 13.2 Å². The molecule has 0 atom stereocenters. The van der Waals surface area contributed by atoms with Crippen LogP contribution in [-0.2, 0) is 34.5 Å². The van der Waals surface area contributed by atoms with Crippen LogP contribution in [0.4, 0.5) is 0 Å². The number of sulfonamides is 1. The van der Waals surface area contributed by atoms with Crippen molar-refractivity contribution in [1.82, 2.24) is 9.55 Å². The molecule has 0 saturated heterocycles. The molecule has 0 aliphatic heterocycles. The Morgan fingerprint density at radius 1 is 1.09 bits per heavy atom. The maximum Gasteiger partial charge on any atom is 0.374 e. The van der Waals surface area contributed by atoms with Gasteiger partial charge in [-0.25, -0.2) is 23.3 Å². The number of benzene rings is 2. The zero-order chi connectivity index (χ0) is 24.1. The number of carbonyl (C=O) groups is 1. The average Bonchev–Trinajstić information content (AvgIpc) is 3.44. The van der Waals surface area contributed by atoms with E-state index in [0.29, 0.717) is 29.4 Å². The first-order valence-corrected chi connectivity index (χ1v) is 12.4. The number of furan rings is 1. The Morgan fingerprint density at radius 2 is 1.88 bits per heavy atom.